The van der Waals surface area contributed by atoms with Crippen LogP contribution in [0, 0.1) is 17.3 Å². The Kier molecular flexibility index (Phi) is 28.3. The van der Waals surface area contributed by atoms with E-state index in [1.54, 1.807) is 0 Å². The topological polar surface area (TPSA) is 52.0 Å². The molecule has 0 saturated heterocycles. The SMILES string of the molecule is CCCCCCCCC(CCCCCCCCCN)C(CCCCCCCC)CCCCCCCC(C)(C)C(C)(C)N. The molecule has 0 bridgehead atoms. The number of hydrogen-bond acceptors (Lipinski definition) is 2. The average Bonchev–Trinajstić information content (AvgIpc) is 2.94. The molecule has 2 atom stereocenters. The van der Waals surface area contributed by atoms with Gasteiger partial charge in [-0.2, -0.15) is 0 Å². The lowest BCUT2D eigenvalue weighted by molar-refractivity contribution is 0.179. The Morgan fingerprint density at radius 2 is 0.690 bits per heavy atom. The van der Waals surface area contributed by atoms with Gasteiger partial charge in [-0.1, -0.05) is 201 Å². The van der Waals surface area contributed by atoms with Gasteiger partial charge in [-0.05, 0) is 50.5 Å². The molecule has 2 unspecified atom stereocenters. The summed E-state index contributed by atoms with van der Waals surface area (Å²) in [4.78, 5) is 0. The van der Waals surface area contributed by atoms with Gasteiger partial charge in [0.05, 0.1) is 0 Å². The summed E-state index contributed by atoms with van der Waals surface area (Å²) in [7, 11) is 0. The Morgan fingerprint density at radius 3 is 1.00 bits per heavy atom. The fraction of sp³-hybridized carbons (Fsp3) is 1.00. The molecule has 2 nitrogen and oxygen atoms in total. The van der Waals surface area contributed by atoms with Gasteiger partial charge in [0.1, 0.15) is 0 Å². The first-order chi connectivity index (χ1) is 20.2. The Bertz CT molecular complexity index is 534. The van der Waals surface area contributed by atoms with Crippen molar-refractivity contribution < 1.29 is 0 Å². The minimum atomic E-state index is -0.0910. The lowest BCUT2D eigenvalue weighted by Gasteiger charge is -2.38. The van der Waals surface area contributed by atoms with E-state index in [0.717, 1.165) is 18.4 Å². The molecule has 0 radical (unpaired) electrons. The maximum absolute atomic E-state index is 6.45. The quantitative estimate of drug-likeness (QED) is 0.0744. The van der Waals surface area contributed by atoms with Crippen LogP contribution in [0.3, 0.4) is 0 Å². The lowest BCUT2D eigenvalue weighted by atomic mass is 9.72. The first kappa shape index (κ1) is 41.9. The molecule has 0 spiro atoms. The first-order valence-electron chi connectivity index (χ1n) is 19.7. The molecule has 4 N–H and O–H groups in total. The number of rotatable bonds is 33. The molecule has 0 aromatic rings. The molecule has 0 aliphatic heterocycles. The Hall–Kier alpha value is -0.0800. The molecule has 0 rings (SSSR count). The second-order valence-electron chi connectivity index (χ2n) is 15.6. The summed E-state index contributed by atoms with van der Waals surface area (Å²) in [6, 6.07) is 0. The van der Waals surface area contributed by atoms with E-state index < -0.39 is 0 Å². The molecule has 0 aromatic heterocycles. The van der Waals surface area contributed by atoms with Crippen LogP contribution in [-0.4, -0.2) is 12.1 Å². The van der Waals surface area contributed by atoms with E-state index in [0.29, 0.717) is 0 Å². The predicted molar refractivity (Wildman–Crippen MR) is 193 cm³/mol. The van der Waals surface area contributed by atoms with Crippen LogP contribution in [0.15, 0.2) is 0 Å². The molecule has 0 aliphatic carbocycles. The summed E-state index contributed by atoms with van der Waals surface area (Å²) >= 11 is 0. The minimum Gasteiger partial charge on any atom is -0.330 e. The molecule has 0 amide bonds. The van der Waals surface area contributed by atoms with Crippen molar-refractivity contribution in [1.82, 2.24) is 0 Å². The Morgan fingerprint density at radius 1 is 0.405 bits per heavy atom. The van der Waals surface area contributed by atoms with Crippen LogP contribution in [0.25, 0.3) is 0 Å². The lowest BCUT2D eigenvalue weighted by Crippen LogP contribution is -2.47. The maximum atomic E-state index is 6.45. The summed E-state index contributed by atoms with van der Waals surface area (Å²) in [5.41, 5.74) is 12.3. The number of nitrogens with two attached hydrogens (primary N) is 2. The maximum Gasteiger partial charge on any atom is 0.0148 e. The van der Waals surface area contributed by atoms with Crippen molar-refractivity contribution in [2.75, 3.05) is 6.54 Å². The van der Waals surface area contributed by atoms with Crippen LogP contribution in [0.2, 0.25) is 0 Å². The van der Waals surface area contributed by atoms with Crippen molar-refractivity contribution in [1.29, 1.82) is 0 Å². The van der Waals surface area contributed by atoms with Gasteiger partial charge in [0.15, 0.2) is 0 Å². The third kappa shape index (κ3) is 24.3. The van der Waals surface area contributed by atoms with Gasteiger partial charge in [-0.25, -0.2) is 0 Å². The second kappa shape index (κ2) is 28.4. The smallest absolute Gasteiger partial charge is 0.0148 e. The highest BCUT2D eigenvalue weighted by molar-refractivity contribution is 4.89. The summed E-state index contributed by atoms with van der Waals surface area (Å²) < 4.78 is 0. The zero-order valence-corrected chi connectivity index (χ0v) is 30.5. The van der Waals surface area contributed by atoms with Gasteiger partial charge in [-0.15, -0.1) is 0 Å². The zero-order valence-electron chi connectivity index (χ0n) is 30.5. The van der Waals surface area contributed by atoms with E-state index in [1.165, 1.54) is 186 Å². The third-order valence-electron chi connectivity index (χ3n) is 10.9. The van der Waals surface area contributed by atoms with Crippen LogP contribution >= 0.6 is 0 Å². The fourth-order valence-electron chi connectivity index (χ4n) is 6.87. The van der Waals surface area contributed by atoms with E-state index >= 15 is 0 Å². The van der Waals surface area contributed by atoms with Gasteiger partial charge in [0.2, 0.25) is 0 Å². The largest absolute Gasteiger partial charge is 0.330 e. The molecular formula is C40H84N2. The van der Waals surface area contributed by atoms with Crippen molar-refractivity contribution in [2.24, 2.45) is 28.7 Å². The summed E-state index contributed by atoms with van der Waals surface area (Å²) in [5, 5.41) is 0. The summed E-state index contributed by atoms with van der Waals surface area (Å²) in [6.07, 6.45) is 41.3. The molecule has 0 aromatic carbocycles. The Balaban J connectivity index is 4.83. The third-order valence-corrected chi connectivity index (χ3v) is 10.9. The van der Waals surface area contributed by atoms with Crippen LogP contribution in [0.1, 0.15) is 228 Å². The van der Waals surface area contributed by atoms with Crippen LogP contribution in [0.5, 0.6) is 0 Å². The fourth-order valence-corrected chi connectivity index (χ4v) is 6.87. The molecule has 254 valence electrons. The van der Waals surface area contributed by atoms with Crippen molar-refractivity contribution in [2.45, 2.75) is 233 Å². The van der Waals surface area contributed by atoms with Gasteiger partial charge in [0, 0.05) is 5.54 Å². The van der Waals surface area contributed by atoms with Crippen molar-refractivity contribution in [3.05, 3.63) is 0 Å². The molecule has 0 heterocycles. The zero-order chi connectivity index (χ0) is 31.4. The highest BCUT2D eigenvalue weighted by Gasteiger charge is 2.32. The highest BCUT2D eigenvalue weighted by atomic mass is 14.7. The van der Waals surface area contributed by atoms with Crippen molar-refractivity contribution >= 4 is 0 Å². The molecular weight excluding hydrogens is 508 g/mol. The normalized spacial score (nSPS) is 14.0. The minimum absolute atomic E-state index is 0.0910. The van der Waals surface area contributed by atoms with Gasteiger partial charge < -0.3 is 11.5 Å². The summed E-state index contributed by atoms with van der Waals surface area (Å²) in [6.45, 7) is 14.6. The van der Waals surface area contributed by atoms with Crippen LogP contribution < -0.4 is 11.5 Å². The Labute approximate surface area is 268 Å². The van der Waals surface area contributed by atoms with E-state index in [1.807, 2.05) is 0 Å². The van der Waals surface area contributed by atoms with E-state index in [2.05, 4.69) is 41.5 Å². The highest BCUT2D eigenvalue weighted by Crippen LogP contribution is 2.35. The molecule has 42 heavy (non-hydrogen) atoms. The van der Waals surface area contributed by atoms with Gasteiger partial charge >= 0.3 is 0 Å². The van der Waals surface area contributed by atoms with Crippen molar-refractivity contribution in [3.8, 4) is 0 Å². The monoisotopic (exact) mass is 593 g/mol. The molecule has 0 saturated carbocycles. The van der Waals surface area contributed by atoms with Crippen molar-refractivity contribution in [3.63, 3.8) is 0 Å². The van der Waals surface area contributed by atoms with Crippen LogP contribution in [0.4, 0.5) is 0 Å². The molecule has 0 aliphatic rings. The van der Waals surface area contributed by atoms with Gasteiger partial charge in [0.25, 0.3) is 0 Å². The predicted octanol–water partition coefficient (Wildman–Crippen LogP) is 13.3. The average molecular weight is 593 g/mol. The van der Waals surface area contributed by atoms with E-state index in [9.17, 15) is 0 Å². The van der Waals surface area contributed by atoms with E-state index in [4.69, 9.17) is 11.5 Å². The first-order valence-corrected chi connectivity index (χ1v) is 19.7. The van der Waals surface area contributed by atoms with Crippen LogP contribution in [-0.2, 0) is 0 Å². The molecule has 2 heteroatoms. The molecule has 0 fully saturated rings. The summed E-state index contributed by atoms with van der Waals surface area (Å²) in [5.74, 6) is 1.96. The van der Waals surface area contributed by atoms with Gasteiger partial charge in [-0.3, -0.25) is 0 Å². The number of unbranched alkanes of at least 4 members (excludes halogenated alkanes) is 20. The van der Waals surface area contributed by atoms with E-state index in [-0.39, 0.29) is 11.0 Å². The second-order valence-corrected chi connectivity index (χ2v) is 15.6. The number of hydrogen-bond donors (Lipinski definition) is 2. The standard InChI is InChI=1S/C40H84N2/c1-7-9-11-13-19-25-31-37(33-27-21-16-15-17-24-30-36-41)38(32-26-20-14-12-10-8-2)34-28-22-18-23-29-35-39(3,4)40(5,6)42/h37-38H,7-36,41-42H2,1-6H3.